The van der Waals surface area contributed by atoms with E-state index in [1.807, 2.05) is 48.5 Å². The Labute approximate surface area is 155 Å². The second kappa shape index (κ2) is 8.84. The van der Waals surface area contributed by atoms with Gasteiger partial charge >= 0.3 is 0 Å². The number of aliphatic hydroxyl groups excluding tert-OH is 1. The van der Waals surface area contributed by atoms with Crippen molar-refractivity contribution in [3.8, 4) is 5.75 Å². The number of hydrogen-bond donors (Lipinski definition) is 1. The zero-order chi connectivity index (χ0) is 18.4. The summed E-state index contributed by atoms with van der Waals surface area (Å²) < 4.78 is 5.94. The highest BCUT2D eigenvalue weighted by atomic mass is 16.5. The van der Waals surface area contributed by atoms with Gasteiger partial charge in [0.15, 0.2) is 0 Å². The van der Waals surface area contributed by atoms with E-state index in [0.717, 1.165) is 23.1 Å². The van der Waals surface area contributed by atoms with Crippen LogP contribution in [-0.2, 0) is 6.54 Å². The quantitative estimate of drug-likeness (QED) is 0.650. The fourth-order valence-electron chi connectivity index (χ4n) is 3.11. The third-order valence-corrected chi connectivity index (χ3v) is 4.58. The molecule has 0 bridgehead atoms. The molecule has 0 saturated carbocycles. The molecular formula is C23H27NO2. The second-order valence-electron chi connectivity index (χ2n) is 6.95. The van der Waals surface area contributed by atoms with Gasteiger partial charge < -0.3 is 9.84 Å². The van der Waals surface area contributed by atoms with Crippen LogP contribution in [0.2, 0.25) is 0 Å². The van der Waals surface area contributed by atoms with Gasteiger partial charge in [-0.1, -0.05) is 66.7 Å². The van der Waals surface area contributed by atoms with Crippen molar-refractivity contribution >= 4 is 10.8 Å². The lowest BCUT2D eigenvalue weighted by molar-refractivity contribution is 0.0547. The first-order valence-corrected chi connectivity index (χ1v) is 9.20. The molecule has 3 aromatic rings. The van der Waals surface area contributed by atoms with Crippen molar-refractivity contribution in [1.29, 1.82) is 0 Å². The van der Waals surface area contributed by atoms with Crippen LogP contribution in [0.25, 0.3) is 10.8 Å². The van der Waals surface area contributed by atoms with Gasteiger partial charge in [0.25, 0.3) is 0 Å². The lowest BCUT2D eigenvalue weighted by Gasteiger charge is -2.29. The van der Waals surface area contributed by atoms with Crippen LogP contribution in [0.4, 0.5) is 0 Å². The van der Waals surface area contributed by atoms with Gasteiger partial charge in [-0.05, 0) is 30.9 Å². The molecule has 0 aliphatic carbocycles. The van der Waals surface area contributed by atoms with Crippen LogP contribution >= 0.6 is 0 Å². The summed E-state index contributed by atoms with van der Waals surface area (Å²) in [6.45, 7) is 6.00. The summed E-state index contributed by atoms with van der Waals surface area (Å²) in [7, 11) is 0. The molecule has 0 aliphatic heterocycles. The standard InChI is InChI=1S/C23H27NO2/c1-18(2)24(15-19-9-4-3-5-10-19)16-21(25)17-26-23-14-8-12-20-11-6-7-13-22(20)23/h3-14,18,21,25H,15-17H2,1-2H3/t21-/m0/s1. The molecule has 0 heterocycles. The average molecular weight is 349 g/mol. The Hall–Kier alpha value is -2.36. The van der Waals surface area contributed by atoms with Gasteiger partial charge in [-0.3, -0.25) is 4.90 Å². The zero-order valence-corrected chi connectivity index (χ0v) is 15.5. The number of benzene rings is 3. The fraction of sp³-hybridized carbons (Fsp3) is 0.304. The summed E-state index contributed by atoms with van der Waals surface area (Å²) in [4.78, 5) is 2.27. The molecule has 0 aromatic heterocycles. The Morgan fingerprint density at radius 1 is 0.885 bits per heavy atom. The van der Waals surface area contributed by atoms with E-state index < -0.39 is 6.10 Å². The number of aliphatic hydroxyl groups is 1. The van der Waals surface area contributed by atoms with E-state index in [9.17, 15) is 5.11 Å². The Kier molecular flexibility index (Phi) is 6.26. The lowest BCUT2D eigenvalue weighted by Crippen LogP contribution is -2.39. The van der Waals surface area contributed by atoms with Gasteiger partial charge in [-0.2, -0.15) is 0 Å². The highest BCUT2D eigenvalue weighted by Crippen LogP contribution is 2.25. The maximum absolute atomic E-state index is 10.5. The minimum Gasteiger partial charge on any atom is -0.490 e. The van der Waals surface area contributed by atoms with Crippen molar-refractivity contribution in [3.05, 3.63) is 78.4 Å². The van der Waals surface area contributed by atoms with Crippen molar-refractivity contribution in [1.82, 2.24) is 4.90 Å². The van der Waals surface area contributed by atoms with E-state index in [-0.39, 0.29) is 6.61 Å². The molecule has 3 rings (SSSR count). The Morgan fingerprint density at radius 2 is 1.58 bits per heavy atom. The molecule has 0 unspecified atom stereocenters. The largest absolute Gasteiger partial charge is 0.490 e. The SMILES string of the molecule is CC(C)N(Cc1ccccc1)C[C@H](O)COc1cccc2ccccc12. The monoisotopic (exact) mass is 349 g/mol. The molecular weight excluding hydrogens is 322 g/mol. The summed E-state index contributed by atoms with van der Waals surface area (Å²) in [6, 6.07) is 24.9. The summed E-state index contributed by atoms with van der Waals surface area (Å²) in [5.41, 5.74) is 1.25. The molecule has 3 aromatic carbocycles. The van der Waals surface area contributed by atoms with Gasteiger partial charge in [0.2, 0.25) is 0 Å². The maximum Gasteiger partial charge on any atom is 0.127 e. The van der Waals surface area contributed by atoms with Crippen LogP contribution in [0.3, 0.4) is 0 Å². The van der Waals surface area contributed by atoms with Gasteiger partial charge in [-0.15, -0.1) is 0 Å². The summed E-state index contributed by atoms with van der Waals surface area (Å²) in [5, 5.41) is 12.7. The first-order chi connectivity index (χ1) is 12.6. The Morgan fingerprint density at radius 3 is 2.35 bits per heavy atom. The van der Waals surface area contributed by atoms with E-state index in [0.29, 0.717) is 12.6 Å². The van der Waals surface area contributed by atoms with E-state index in [4.69, 9.17) is 4.74 Å². The van der Waals surface area contributed by atoms with Crippen LogP contribution in [-0.4, -0.2) is 35.3 Å². The van der Waals surface area contributed by atoms with Crippen molar-refractivity contribution in [2.75, 3.05) is 13.2 Å². The number of ether oxygens (including phenoxy) is 1. The maximum atomic E-state index is 10.5. The Balaban J connectivity index is 1.60. The molecule has 0 aliphatic rings. The van der Waals surface area contributed by atoms with Crippen LogP contribution in [0.15, 0.2) is 72.8 Å². The van der Waals surface area contributed by atoms with Crippen molar-refractivity contribution in [3.63, 3.8) is 0 Å². The molecule has 1 N–H and O–H groups in total. The smallest absolute Gasteiger partial charge is 0.127 e. The molecule has 3 nitrogen and oxygen atoms in total. The van der Waals surface area contributed by atoms with E-state index in [2.05, 4.69) is 43.0 Å². The van der Waals surface area contributed by atoms with E-state index in [1.165, 1.54) is 5.56 Å². The van der Waals surface area contributed by atoms with Gasteiger partial charge in [0, 0.05) is 24.5 Å². The predicted molar refractivity (Wildman–Crippen MR) is 107 cm³/mol. The average Bonchev–Trinajstić information content (AvgIpc) is 2.66. The molecule has 0 fully saturated rings. The molecule has 3 heteroatoms. The van der Waals surface area contributed by atoms with Crippen molar-refractivity contribution in [2.45, 2.75) is 32.5 Å². The van der Waals surface area contributed by atoms with Crippen molar-refractivity contribution < 1.29 is 9.84 Å². The molecule has 0 radical (unpaired) electrons. The van der Waals surface area contributed by atoms with Crippen LogP contribution in [0.5, 0.6) is 5.75 Å². The van der Waals surface area contributed by atoms with E-state index >= 15 is 0 Å². The van der Waals surface area contributed by atoms with Gasteiger partial charge in [0.1, 0.15) is 18.5 Å². The highest BCUT2D eigenvalue weighted by Gasteiger charge is 2.16. The third kappa shape index (κ3) is 4.84. The topological polar surface area (TPSA) is 32.7 Å². The lowest BCUT2D eigenvalue weighted by atomic mass is 10.1. The molecule has 0 amide bonds. The first-order valence-electron chi connectivity index (χ1n) is 9.20. The Bertz CT molecular complexity index is 811. The van der Waals surface area contributed by atoms with Gasteiger partial charge in [0.05, 0.1) is 0 Å². The van der Waals surface area contributed by atoms with Crippen LogP contribution in [0, 0.1) is 0 Å². The minimum absolute atomic E-state index is 0.284. The van der Waals surface area contributed by atoms with E-state index in [1.54, 1.807) is 0 Å². The van der Waals surface area contributed by atoms with Crippen LogP contribution in [0.1, 0.15) is 19.4 Å². The number of nitrogens with zero attached hydrogens (tertiary/aromatic N) is 1. The number of hydrogen-bond acceptors (Lipinski definition) is 3. The third-order valence-electron chi connectivity index (χ3n) is 4.58. The highest BCUT2D eigenvalue weighted by molar-refractivity contribution is 5.88. The van der Waals surface area contributed by atoms with Crippen LogP contribution < -0.4 is 4.74 Å². The predicted octanol–water partition coefficient (Wildman–Crippen LogP) is 4.49. The normalized spacial score (nSPS) is 12.7. The summed E-state index contributed by atoms with van der Waals surface area (Å²) in [6.07, 6.45) is -0.542. The number of fused-ring (bicyclic) bond motifs is 1. The molecule has 26 heavy (non-hydrogen) atoms. The molecule has 1 atom stereocenters. The number of rotatable bonds is 8. The first kappa shape index (κ1) is 18.4. The van der Waals surface area contributed by atoms with Gasteiger partial charge in [-0.25, -0.2) is 0 Å². The zero-order valence-electron chi connectivity index (χ0n) is 15.5. The van der Waals surface area contributed by atoms with Crippen molar-refractivity contribution in [2.24, 2.45) is 0 Å². The molecule has 0 saturated heterocycles. The summed E-state index contributed by atoms with van der Waals surface area (Å²) >= 11 is 0. The minimum atomic E-state index is -0.542. The summed E-state index contributed by atoms with van der Waals surface area (Å²) in [5.74, 6) is 0.821. The fourth-order valence-corrected chi connectivity index (χ4v) is 3.11. The molecule has 136 valence electrons. The second-order valence-corrected chi connectivity index (χ2v) is 6.95. The molecule has 0 spiro atoms.